The van der Waals surface area contributed by atoms with E-state index in [1.807, 2.05) is 36.5 Å². The van der Waals surface area contributed by atoms with E-state index >= 15 is 0 Å². The molecule has 0 atom stereocenters. The molecule has 0 spiro atoms. The zero-order valence-electron chi connectivity index (χ0n) is 8.14. The Labute approximate surface area is 83.4 Å². The minimum Gasteiger partial charge on any atom is -0.397 e. The summed E-state index contributed by atoms with van der Waals surface area (Å²) in [6, 6.07) is 10.0. The minimum absolute atomic E-state index is 0.250. The number of hydrogen-bond acceptors (Lipinski definition) is 2. The van der Waals surface area contributed by atoms with Gasteiger partial charge in [-0.25, -0.2) is 4.98 Å². The van der Waals surface area contributed by atoms with Crippen LogP contribution < -0.4 is 0 Å². The third-order valence-electron chi connectivity index (χ3n) is 1.55. The lowest BCUT2D eigenvalue weighted by atomic mass is 10.2. The van der Waals surface area contributed by atoms with E-state index in [0.717, 1.165) is 11.4 Å². The average Bonchev–Trinajstić information content (AvgIpc) is 2.73. The van der Waals surface area contributed by atoms with Crippen molar-refractivity contribution in [2.75, 3.05) is 6.61 Å². The van der Waals surface area contributed by atoms with Crippen molar-refractivity contribution in [1.29, 1.82) is 0 Å². The van der Waals surface area contributed by atoms with Crippen LogP contribution in [0.4, 0.5) is 0 Å². The molecule has 0 aliphatic heterocycles. The van der Waals surface area contributed by atoms with Crippen molar-refractivity contribution < 1.29 is 5.11 Å². The summed E-state index contributed by atoms with van der Waals surface area (Å²) in [4.78, 5) is 7.17. The average molecular weight is 190 g/mol. The highest BCUT2D eigenvalue weighted by atomic mass is 16.2. The number of nitrogens with zero attached hydrogens (tertiary/aromatic N) is 1. The van der Waals surface area contributed by atoms with Crippen molar-refractivity contribution >= 4 is 0 Å². The maximum atomic E-state index is 7.57. The molecule has 3 heteroatoms. The second-order valence-corrected chi connectivity index (χ2v) is 2.62. The maximum Gasteiger partial charge on any atom is 0.137 e. The first-order valence-corrected chi connectivity index (χ1v) is 4.54. The number of aromatic amines is 1. The van der Waals surface area contributed by atoms with Crippen molar-refractivity contribution in [3.63, 3.8) is 0 Å². The number of rotatable bonds is 1. The van der Waals surface area contributed by atoms with Gasteiger partial charge in [-0.3, -0.25) is 0 Å². The molecule has 0 amide bonds. The molecule has 0 saturated carbocycles. The number of hydrogen-bond donors (Lipinski definition) is 2. The molecule has 0 aliphatic carbocycles. The van der Waals surface area contributed by atoms with Gasteiger partial charge in [0.1, 0.15) is 5.82 Å². The van der Waals surface area contributed by atoms with Gasteiger partial charge in [0.05, 0.1) is 0 Å². The van der Waals surface area contributed by atoms with Crippen molar-refractivity contribution in [1.82, 2.24) is 9.97 Å². The van der Waals surface area contributed by atoms with E-state index in [-0.39, 0.29) is 6.61 Å². The number of H-pyrrole nitrogens is 1. The lowest BCUT2D eigenvalue weighted by Gasteiger charge is -1.92. The zero-order chi connectivity index (χ0) is 10.2. The first kappa shape index (κ1) is 10.5. The first-order valence-electron chi connectivity index (χ1n) is 4.54. The van der Waals surface area contributed by atoms with Gasteiger partial charge >= 0.3 is 0 Å². The SMILES string of the molecule is CCO.c1ccc(-c2ncc[nH]2)cc1. The molecule has 0 radical (unpaired) electrons. The zero-order valence-corrected chi connectivity index (χ0v) is 8.14. The quantitative estimate of drug-likeness (QED) is 0.723. The van der Waals surface area contributed by atoms with Crippen molar-refractivity contribution in [3.05, 3.63) is 42.7 Å². The Morgan fingerprint density at radius 1 is 1.29 bits per heavy atom. The number of imidazole rings is 1. The van der Waals surface area contributed by atoms with Crippen LogP contribution in [-0.2, 0) is 0 Å². The number of nitrogens with one attached hydrogen (secondary N) is 1. The summed E-state index contributed by atoms with van der Waals surface area (Å²) < 4.78 is 0. The van der Waals surface area contributed by atoms with Crippen LogP contribution in [-0.4, -0.2) is 21.7 Å². The van der Waals surface area contributed by atoms with Crippen molar-refractivity contribution in [2.24, 2.45) is 0 Å². The molecule has 0 unspecified atom stereocenters. The lowest BCUT2D eigenvalue weighted by Crippen LogP contribution is -1.77. The van der Waals surface area contributed by atoms with E-state index in [1.165, 1.54) is 0 Å². The predicted molar refractivity (Wildman–Crippen MR) is 56.8 cm³/mol. The molecule has 0 saturated heterocycles. The molecule has 2 aromatic rings. The molecule has 74 valence electrons. The summed E-state index contributed by atoms with van der Waals surface area (Å²) in [5, 5.41) is 7.57. The van der Waals surface area contributed by atoms with Gasteiger partial charge in [-0.05, 0) is 6.92 Å². The van der Waals surface area contributed by atoms with Gasteiger partial charge in [0.2, 0.25) is 0 Å². The Bertz CT molecular complexity index is 329. The van der Waals surface area contributed by atoms with Crippen molar-refractivity contribution in [3.8, 4) is 11.4 Å². The molecule has 3 nitrogen and oxygen atoms in total. The van der Waals surface area contributed by atoms with Crippen LogP contribution in [0.2, 0.25) is 0 Å². The van der Waals surface area contributed by atoms with Crippen LogP contribution in [0.5, 0.6) is 0 Å². The number of aliphatic hydroxyl groups excluding tert-OH is 1. The largest absolute Gasteiger partial charge is 0.397 e. The monoisotopic (exact) mass is 190 g/mol. The van der Waals surface area contributed by atoms with Crippen LogP contribution in [0.15, 0.2) is 42.7 Å². The number of aliphatic hydroxyl groups is 1. The summed E-state index contributed by atoms with van der Waals surface area (Å²) in [6.07, 6.45) is 3.57. The predicted octanol–water partition coefficient (Wildman–Crippen LogP) is 2.08. The minimum atomic E-state index is 0.250. The topological polar surface area (TPSA) is 48.9 Å². The normalized spacial score (nSPS) is 9.00. The highest BCUT2D eigenvalue weighted by Gasteiger charge is 1.94. The summed E-state index contributed by atoms with van der Waals surface area (Å²) in [5.74, 6) is 0.922. The molecular weight excluding hydrogens is 176 g/mol. The molecular formula is C11H14N2O. The first-order chi connectivity index (χ1) is 6.88. The molecule has 1 heterocycles. The molecule has 2 rings (SSSR count). The summed E-state index contributed by atoms with van der Waals surface area (Å²) in [6.45, 7) is 1.93. The number of benzene rings is 1. The Kier molecular flexibility index (Phi) is 4.44. The molecule has 1 aromatic carbocycles. The Morgan fingerprint density at radius 3 is 2.43 bits per heavy atom. The molecule has 0 fully saturated rings. The lowest BCUT2D eigenvalue weighted by molar-refractivity contribution is 0.318. The molecule has 14 heavy (non-hydrogen) atoms. The van der Waals surface area contributed by atoms with Gasteiger partial charge in [0.15, 0.2) is 0 Å². The van der Waals surface area contributed by atoms with Crippen molar-refractivity contribution in [2.45, 2.75) is 6.92 Å². The third-order valence-corrected chi connectivity index (χ3v) is 1.55. The van der Waals surface area contributed by atoms with E-state index < -0.39 is 0 Å². The Hall–Kier alpha value is -1.61. The van der Waals surface area contributed by atoms with Crippen LogP contribution in [0.1, 0.15) is 6.92 Å². The van der Waals surface area contributed by atoms with Crippen LogP contribution in [0.3, 0.4) is 0 Å². The van der Waals surface area contributed by atoms with Gasteiger partial charge in [-0.2, -0.15) is 0 Å². The van der Waals surface area contributed by atoms with Gasteiger partial charge in [-0.15, -0.1) is 0 Å². The highest BCUT2D eigenvalue weighted by molar-refractivity contribution is 5.53. The molecule has 0 aliphatic rings. The van der Waals surface area contributed by atoms with Gasteiger partial charge in [0.25, 0.3) is 0 Å². The van der Waals surface area contributed by atoms with E-state index in [2.05, 4.69) is 9.97 Å². The molecule has 1 aromatic heterocycles. The Morgan fingerprint density at radius 2 is 1.93 bits per heavy atom. The summed E-state index contributed by atoms with van der Waals surface area (Å²) in [5.41, 5.74) is 1.12. The smallest absolute Gasteiger partial charge is 0.137 e. The van der Waals surface area contributed by atoms with E-state index in [4.69, 9.17) is 5.11 Å². The molecule has 0 bridgehead atoms. The van der Waals surface area contributed by atoms with Crippen LogP contribution in [0.25, 0.3) is 11.4 Å². The van der Waals surface area contributed by atoms with E-state index in [0.29, 0.717) is 0 Å². The number of aromatic nitrogens is 2. The standard InChI is InChI=1S/C9H8N2.C2H6O/c1-2-4-8(5-3-1)9-10-6-7-11-9;1-2-3/h1-7H,(H,10,11);3H,2H2,1H3. The van der Waals surface area contributed by atoms with Gasteiger partial charge < -0.3 is 10.1 Å². The highest BCUT2D eigenvalue weighted by Crippen LogP contribution is 2.11. The van der Waals surface area contributed by atoms with Gasteiger partial charge in [-0.1, -0.05) is 30.3 Å². The second kappa shape index (κ2) is 5.94. The molecule has 2 N–H and O–H groups in total. The van der Waals surface area contributed by atoms with Crippen LogP contribution >= 0.6 is 0 Å². The fraction of sp³-hybridized carbons (Fsp3) is 0.182. The van der Waals surface area contributed by atoms with E-state index in [1.54, 1.807) is 13.1 Å². The second-order valence-electron chi connectivity index (χ2n) is 2.62. The summed E-state index contributed by atoms with van der Waals surface area (Å²) >= 11 is 0. The van der Waals surface area contributed by atoms with Crippen LogP contribution in [0, 0.1) is 0 Å². The maximum absolute atomic E-state index is 7.57. The third kappa shape index (κ3) is 3.03. The summed E-state index contributed by atoms with van der Waals surface area (Å²) in [7, 11) is 0. The fourth-order valence-electron chi connectivity index (χ4n) is 1.02. The Balaban J connectivity index is 0.000000293. The van der Waals surface area contributed by atoms with E-state index in [9.17, 15) is 0 Å². The fourth-order valence-corrected chi connectivity index (χ4v) is 1.02. The van der Waals surface area contributed by atoms with Gasteiger partial charge in [0, 0.05) is 24.6 Å².